The standard InChI is InChI=1S/C19H24O5/c1-4-5-15-17(23-12(2)20)7-6-14-16(21)10-19(3,24-18(14)15)9-8-13-11-22-13/h6-7,13H,4-5,8-11H2,1-3H3. The molecule has 0 radical (unpaired) electrons. The van der Waals surface area contributed by atoms with Crippen LogP contribution in [0.3, 0.4) is 0 Å². The highest BCUT2D eigenvalue weighted by molar-refractivity contribution is 6.01. The van der Waals surface area contributed by atoms with Crippen molar-refractivity contribution < 1.29 is 23.8 Å². The Morgan fingerprint density at radius 3 is 2.79 bits per heavy atom. The molecule has 5 heteroatoms. The maximum absolute atomic E-state index is 12.6. The van der Waals surface area contributed by atoms with Gasteiger partial charge >= 0.3 is 5.97 Å². The summed E-state index contributed by atoms with van der Waals surface area (Å²) in [5.41, 5.74) is 0.870. The molecular weight excluding hydrogens is 308 g/mol. The smallest absolute Gasteiger partial charge is 0.308 e. The Hall–Kier alpha value is -1.88. The van der Waals surface area contributed by atoms with Crippen molar-refractivity contribution in [3.05, 3.63) is 23.3 Å². The predicted octanol–water partition coefficient (Wildman–Crippen LogP) is 3.47. The van der Waals surface area contributed by atoms with Crippen molar-refractivity contribution in [2.75, 3.05) is 6.61 Å². The second-order valence-corrected chi connectivity index (χ2v) is 6.91. The lowest BCUT2D eigenvalue weighted by atomic mass is 9.86. The van der Waals surface area contributed by atoms with Crippen molar-refractivity contribution in [3.63, 3.8) is 0 Å². The molecule has 0 bridgehead atoms. The third-order valence-corrected chi connectivity index (χ3v) is 4.55. The van der Waals surface area contributed by atoms with E-state index in [1.54, 1.807) is 12.1 Å². The molecule has 2 heterocycles. The minimum atomic E-state index is -0.534. The molecule has 3 rings (SSSR count). The van der Waals surface area contributed by atoms with Crippen LogP contribution in [0.4, 0.5) is 0 Å². The van der Waals surface area contributed by atoms with E-state index in [-0.39, 0.29) is 11.8 Å². The molecule has 1 aromatic carbocycles. The van der Waals surface area contributed by atoms with Crippen molar-refractivity contribution in [3.8, 4) is 11.5 Å². The number of benzene rings is 1. The van der Waals surface area contributed by atoms with Gasteiger partial charge in [-0.1, -0.05) is 13.3 Å². The Bertz CT molecular complexity index is 662. The number of fused-ring (bicyclic) bond motifs is 1. The van der Waals surface area contributed by atoms with E-state index in [1.807, 2.05) is 13.8 Å². The van der Waals surface area contributed by atoms with Crippen LogP contribution >= 0.6 is 0 Å². The second-order valence-electron chi connectivity index (χ2n) is 6.91. The van der Waals surface area contributed by atoms with Gasteiger partial charge in [-0.2, -0.15) is 0 Å². The van der Waals surface area contributed by atoms with Gasteiger partial charge in [0.2, 0.25) is 0 Å². The van der Waals surface area contributed by atoms with E-state index in [4.69, 9.17) is 14.2 Å². The molecule has 0 aromatic heterocycles. The predicted molar refractivity (Wildman–Crippen MR) is 88.7 cm³/mol. The summed E-state index contributed by atoms with van der Waals surface area (Å²) in [6, 6.07) is 3.41. The molecule has 1 aromatic rings. The van der Waals surface area contributed by atoms with Crippen molar-refractivity contribution in [2.24, 2.45) is 0 Å². The van der Waals surface area contributed by atoms with Gasteiger partial charge in [0.05, 0.1) is 24.7 Å². The molecule has 0 aliphatic carbocycles. The van der Waals surface area contributed by atoms with E-state index in [1.165, 1.54) is 6.92 Å². The van der Waals surface area contributed by atoms with Crippen LogP contribution in [-0.2, 0) is 16.0 Å². The average molecular weight is 332 g/mol. The van der Waals surface area contributed by atoms with Gasteiger partial charge in [-0.15, -0.1) is 0 Å². The van der Waals surface area contributed by atoms with Crippen LogP contribution in [0, 0.1) is 0 Å². The van der Waals surface area contributed by atoms with Gasteiger partial charge < -0.3 is 14.2 Å². The molecule has 1 fully saturated rings. The molecule has 5 nitrogen and oxygen atoms in total. The maximum Gasteiger partial charge on any atom is 0.308 e. The first-order valence-corrected chi connectivity index (χ1v) is 8.60. The number of epoxide rings is 1. The lowest BCUT2D eigenvalue weighted by Gasteiger charge is -2.36. The molecule has 0 spiro atoms. The Labute approximate surface area is 142 Å². The summed E-state index contributed by atoms with van der Waals surface area (Å²) >= 11 is 0. The fourth-order valence-corrected chi connectivity index (χ4v) is 3.24. The summed E-state index contributed by atoms with van der Waals surface area (Å²) in [7, 11) is 0. The number of esters is 1. The van der Waals surface area contributed by atoms with Gasteiger partial charge in [0.1, 0.15) is 17.1 Å². The number of hydrogen-bond acceptors (Lipinski definition) is 5. The third kappa shape index (κ3) is 3.61. The summed E-state index contributed by atoms with van der Waals surface area (Å²) in [4.78, 5) is 24.0. The molecule has 130 valence electrons. The third-order valence-electron chi connectivity index (χ3n) is 4.55. The van der Waals surface area contributed by atoms with Gasteiger partial charge in [-0.25, -0.2) is 0 Å². The Balaban J connectivity index is 1.94. The van der Waals surface area contributed by atoms with Gasteiger partial charge in [0.15, 0.2) is 5.78 Å². The zero-order valence-electron chi connectivity index (χ0n) is 14.5. The zero-order chi connectivity index (χ0) is 17.3. The van der Waals surface area contributed by atoms with E-state index >= 15 is 0 Å². The highest BCUT2D eigenvalue weighted by Gasteiger charge is 2.39. The molecular formula is C19H24O5. The number of hydrogen-bond donors (Lipinski definition) is 0. The minimum Gasteiger partial charge on any atom is -0.486 e. The van der Waals surface area contributed by atoms with E-state index in [0.717, 1.165) is 31.4 Å². The monoisotopic (exact) mass is 332 g/mol. The summed E-state index contributed by atoms with van der Waals surface area (Å²) in [6.45, 7) is 6.20. The highest BCUT2D eigenvalue weighted by Crippen LogP contribution is 2.42. The van der Waals surface area contributed by atoms with Gasteiger partial charge in [-0.3, -0.25) is 9.59 Å². The van der Waals surface area contributed by atoms with E-state index in [0.29, 0.717) is 36.0 Å². The first-order valence-electron chi connectivity index (χ1n) is 8.60. The largest absolute Gasteiger partial charge is 0.486 e. The topological polar surface area (TPSA) is 65.1 Å². The summed E-state index contributed by atoms with van der Waals surface area (Å²) < 4.78 is 16.9. The van der Waals surface area contributed by atoms with Gasteiger partial charge in [0.25, 0.3) is 0 Å². The lowest BCUT2D eigenvalue weighted by molar-refractivity contribution is -0.131. The molecule has 1 saturated heterocycles. The molecule has 24 heavy (non-hydrogen) atoms. The number of ether oxygens (including phenoxy) is 3. The van der Waals surface area contributed by atoms with Gasteiger partial charge in [-0.05, 0) is 38.3 Å². The van der Waals surface area contributed by atoms with Crippen LogP contribution in [0.1, 0.15) is 62.4 Å². The molecule has 0 saturated carbocycles. The Morgan fingerprint density at radius 2 is 2.17 bits per heavy atom. The van der Waals surface area contributed by atoms with E-state index < -0.39 is 5.60 Å². The first kappa shape index (κ1) is 17.0. The molecule has 0 N–H and O–H groups in total. The van der Waals surface area contributed by atoms with Crippen LogP contribution in [0.15, 0.2) is 12.1 Å². The Morgan fingerprint density at radius 1 is 1.42 bits per heavy atom. The van der Waals surface area contributed by atoms with Crippen molar-refractivity contribution in [2.45, 2.75) is 64.6 Å². The molecule has 2 aliphatic rings. The maximum atomic E-state index is 12.6. The summed E-state index contributed by atoms with van der Waals surface area (Å²) in [6.07, 6.45) is 3.91. The van der Waals surface area contributed by atoms with Crippen LogP contribution < -0.4 is 9.47 Å². The Kier molecular flexibility index (Phi) is 4.63. The minimum absolute atomic E-state index is 0.0854. The molecule has 2 aliphatic heterocycles. The fraction of sp³-hybridized carbons (Fsp3) is 0.579. The lowest BCUT2D eigenvalue weighted by Crippen LogP contribution is -2.40. The average Bonchev–Trinajstić information content (AvgIpc) is 3.32. The number of rotatable bonds is 6. The van der Waals surface area contributed by atoms with Crippen LogP contribution in [-0.4, -0.2) is 30.1 Å². The molecule has 0 amide bonds. The van der Waals surface area contributed by atoms with Crippen LogP contribution in [0.2, 0.25) is 0 Å². The normalized spacial score (nSPS) is 25.0. The highest BCUT2D eigenvalue weighted by atomic mass is 16.6. The first-order chi connectivity index (χ1) is 11.4. The number of ketones is 1. The second kappa shape index (κ2) is 6.55. The fourth-order valence-electron chi connectivity index (χ4n) is 3.24. The molecule has 2 atom stereocenters. The number of carbonyl (C=O) groups is 2. The van der Waals surface area contributed by atoms with Crippen molar-refractivity contribution in [1.82, 2.24) is 0 Å². The van der Waals surface area contributed by atoms with Gasteiger partial charge in [0, 0.05) is 12.5 Å². The zero-order valence-corrected chi connectivity index (χ0v) is 14.5. The van der Waals surface area contributed by atoms with Crippen LogP contribution in [0.5, 0.6) is 11.5 Å². The SMILES string of the molecule is CCCc1c(OC(C)=O)ccc2c1OC(C)(CCC1CO1)CC2=O. The number of Topliss-reactive ketones (excluding diaryl/α,β-unsaturated/α-hetero) is 1. The molecule has 2 unspecified atom stereocenters. The number of carbonyl (C=O) groups excluding carboxylic acids is 2. The van der Waals surface area contributed by atoms with E-state index in [9.17, 15) is 9.59 Å². The quantitative estimate of drug-likeness (QED) is 0.453. The van der Waals surface area contributed by atoms with Crippen LogP contribution in [0.25, 0.3) is 0 Å². The van der Waals surface area contributed by atoms with E-state index in [2.05, 4.69) is 0 Å². The van der Waals surface area contributed by atoms with Crippen molar-refractivity contribution >= 4 is 11.8 Å². The summed E-state index contributed by atoms with van der Waals surface area (Å²) in [5, 5.41) is 0. The van der Waals surface area contributed by atoms with Crippen molar-refractivity contribution in [1.29, 1.82) is 0 Å². The summed E-state index contributed by atoms with van der Waals surface area (Å²) in [5.74, 6) is 0.794.